The largest absolute Gasteiger partial charge is 0.478 e. The van der Waals surface area contributed by atoms with Crippen LogP contribution >= 0.6 is 12.6 Å². The van der Waals surface area contributed by atoms with E-state index in [2.05, 4.69) is 23.3 Å². The summed E-state index contributed by atoms with van der Waals surface area (Å²) in [6.07, 6.45) is 3.66. The number of thiol groups is 1. The molecule has 3 aromatic carbocycles. The zero-order valence-electron chi connectivity index (χ0n) is 20.9. The van der Waals surface area contributed by atoms with Crippen molar-refractivity contribution in [2.45, 2.75) is 43.9 Å². The van der Waals surface area contributed by atoms with E-state index in [1.807, 2.05) is 66.7 Å². The lowest BCUT2D eigenvalue weighted by Gasteiger charge is -2.11. The number of ketones is 1. The van der Waals surface area contributed by atoms with Crippen LogP contribution < -0.4 is 10.6 Å². The average Bonchev–Trinajstić information content (AvgIpc) is 2.92. The third-order valence-electron chi connectivity index (χ3n) is 6.10. The summed E-state index contributed by atoms with van der Waals surface area (Å²) >= 11 is 4.36. The first-order chi connectivity index (χ1) is 17.9. The van der Waals surface area contributed by atoms with Gasteiger partial charge in [-0.15, -0.1) is 0 Å². The second-order valence-electron chi connectivity index (χ2n) is 9.00. The molecule has 37 heavy (non-hydrogen) atoms. The molecule has 0 radical (unpaired) electrons. The highest BCUT2D eigenvalue weighted by molar-refractivity contribution is 7.81. The molecule has 0 saturated carbocycles. The minimum atomic E-state index is -0.932. The predicted molar refractivity (Wildman–Crippen MR) is 150 cm³/mol. The molecule has 0 aliphatic carbocycles. The van der Waals surface area contributed by atoms with Crippen LogP contribution in [0.15, 0.2) is 78.9 Å². The molecule has 0 heterocycles. The fraction of sp³-hybridized carbons (Fsp3) is 0.300. The van der Waals surface area contributed by atoms with Crippen molar-refractivity contribution < 1.29 is 19.5 Å². The van der Waals surface area contributed by atoms with Gasteiger partial charge < -0.3 is 15.7 Å². The number of carboxylic acids is 1. The molecular formula is C30H34N2O4S. The first-order valence-corrected chi connectivity index (χ1v) is 13.1. The van der Waals surface area contributed by atoms with Crippen LogP contribution in [0.3, 0.4) is 0 Å². The zero-order chi connectivity index (χ0) is 26.5. The monoisotopic (exact) mass is 518 g/mol. The maximum absolute atomic E-state index is 12.2. The van der Waals surface area contributed by atoms with E-state index in [0.717, 1.165) is 49.0 Å². The van der Waals surface area contributed by atoms with Crippen molar-refractivity contribution in [3.63, 3.8) is 0 Å². The molecule has 7 heteroatoms. The summed E-state index contributed by atoms with van der Waals surface area (Å²) in [4.78, 5) is 35.7. The summed E-state index contributed by atoms with van der Waals surface area (Å²) in [5.41, 5.74) is 4.04. The van der Waals surface area contributed by atoms with Crippen molar-refractivity contribution in [1.29, 1.82) is 0 Å². The number of Topliss-reactive ketones (excluding diaryl/α,β-unsaturated/α-hetero) is 1. The number of nitrogens with one attached hydrogen (secondary N) is 2. The molecular weight excluding hydrogens is 484 g/mol. The predicted octanol–water partition coefficient (Wildman–Crippen LogP) is 4.93. The van der Waals surface area contributed by atoms with Crippen molar-refractivity contribution in [2.75, 3.05) is 13.1 Å². The summed E-state index contributed by atoms with van der Waals surface area (Å²) in [5.74, 6) is -1.12. The van der Waals surface area contributed by atoms with Crippen molar-refractivity contribution in [1.82, 2.24) is 10.6 Å². The van der Waals surface area contributed by atoms with Crippen LogP contribution in [0.4, 0.5) is 0 Å². The van der Waals surface area contributed by atoms with Crippen molar-refractivity contribution in [3.05, 3.63) is 95.6 Å². The number of carboxylic acid groups (broad SMARTS) is 1. The smallest absolute Gasteiger partial charge is 0.336 e. The lowest BCUT2D eigenvalue weighted by molar-refractivity contribution is -0.124. The van der Waals surface area contributed by atoms with Gasteiger partial charge in [-0.25, -0.2) is 4.79 Å². The van der Waals surface area contributed by atoms with Crippen LogP contribution in [0.25, 0.3) is 11.1 Å². The topological polar surface area (TPSA) is 95.5 Å². The molecule has 6 nitrogen and oxygen atoms in total. The second-order valence-corrected chi connectivity index (χ2v) is 9.62. The summed E-state index contributed by atoms with van der Waals surface area (Å²) in [7, 11) is 0. The molecule has 0 aromatic heterocycles. The van der Waals surface area contributed by atoms with E-state index in [1.54, 1.807) is 12.1 Å². The molecule has 194 valence electrons. The van der Waals surface area contributed by atoms with Gasteiger partial charge in [-0.1, -0.05) is 79.2 Å². The molecule has 0 aliphatic rings. The molecule has 0 saturated heterocycles. The lowest BCUT2D eigenvalue weighted by atomic mass is 9.99. The van der Waals surface area contributed by atoms with Crippen LogP contribution in [-0.4, -0.2) is 41.1 Å². The van der Waals surface area contributed by atoms with Crippen molar-refractivity contribution in [3.8, 4) is 11.1 Å². The molecule has 3 N–H and O–H groups in total. The van der Waals surface area contributed by atoms with E-state index in [9.17, 15) is 19.5 Å². The Kier molecular flexibility index (Phi) is 11.4. The van der Waals surface area contributed by atoms with Gasteiger partial charge in [-0.3, -0.25) is 9.59 Å². The van der Waals surface area contributed by atoms with Gasteiger partial charge in [0.2, 0.25) is 5.91 Å². The number of carbonyl (C=O) groups excluding carboxylic acids is 2. The Hall–Kier alpha value is -3.42. The highest BCUT2D eigenvalue weighted by atomic mass is 32.1. The number of hydrogen-bond acceptors (Lipinski definition) is 5. The van der Waals surface area contributed by atoms with E-state index in [1.165, 1.54) is 0 Å². The van der Waals surface area contributed by atoms with Crippen LogP contribution in [0.2, 0.25) is 0 Å². The van der Waals surface area contributed by atoms with Crippen LogP contribution in [-0.2, 0) is 22.6 Å². The van der Waals surface area contributed by atoms with E-state index >= 15 is 0 Å². The highest BCUT2D eigenvalue weighted by Crippen LogP contribution is 2.24. The standard InChI is InChI=1S/C30H34N2O4S/c33-25(21-32-29(34)28(37)19-22-9-3-1-4-10-22)11-5-2-8-18-31-20-23-14-16-24(17-15-23)26-12-6-7-13-27(26)30(35)36/h1,3-4,6-7,9-10,12-17,28,31,37H,2,5,8,11,18-21H2,(H,32,34)(H,35,36)/t28-/m0/s1. The number of aromatic carboxylic acids is 1. The van der Waals surface area contributed by atoms with Gasteiger partial charge in [0.1, 0.15) is 0 Å². The van der Waals surface area contributed by atoms with Crippen LogP contribution in [0.1, 0.15) is 47.2 Å². The molecule has 0 spiro atoms. The van der Waals surface area contributed by atoms with Crippen LogP contribution in [0, 0.1) is 0 Å². The third kappa shape index (κ3) is 9.52. The fourth-order valence-electron chi connectivity index (χ4n) is 4.03. The Morgan fingerprint density at radius 2 is 1.51 bits per heavy atom. The summed E-state index contributed by atoms with van der Waals surface area (Å²) in [5, 5.41) is 15.0. The molecule has 1 amide bonds. The number of amides is 1. The Bertz CT molecular complexity index is 1170. The molecule has 3 aromatic rings. The summed E-state index contributed by atoms with van der Waals surface area (Å²) < 4.78 is 0. The number of benzene rings is 3. The second kappa shape index (κ2) is 15.0. The van der Waals surface area contributed by atoms with Gasteiger partial charge in [-0.2, -0.15) is 12.6 Å². The van der Waals surface area contributed by atoms with Gasteiger partial charge in [0.15, 0.2) is 5.78 Å². The Morgan fingerprint density at radius 1 is 0.811 bits per heavy atom. The third-order valence-corrected chi connectivity index (χ3v) is 6.51. The SMILES string of the molecule is O=C(CCCCCNCc1ccc(-c2ccccc2C(=O)O)cc1)CNC(=O)[C@@H](S)Cc1ccccc1. The van der Waals surface area contributed by atoms with Gasteiger partial charge in [0, 0.05) is 13.0 Å². The number of hydrogen-bond donors (Lipinski definition) is 4. The van der Waals surface area contributed by atoms with Gasteiger partial charge in [0.25, 0.3) is 0 Å². The normalized spacial score (nSPS) is 11.6. The molecule has 1 atom stereocenters. The fourth-order valence-corrected chi connectivity index (χ4v) is 4.33. The zero-order valence-corrected chi connectivity index (χ0v) is 21.8. The number of carbonyl (C=O) groups is 3. The minimum absolute atomic E-state index is 0.0334. The van der Waals surface area contributed by atoms with E-state index in [-0.39, 0.29) is 18.2 Å². The molecule has 3 rings (SSSR count). The molecule has 0 unspecified atom stereocenters. The van der Waals surface area contributed by atoms with Gasteiger partial charge in [0.05, 0.1) is 17.4 Å². The van der Waals surface area contributed by atoms with Gasteiger partial charge in [-0.05, 0) is 54.1 Å². The first kappa shape index (κ1) is 28.2. The Labute approximate surface area is 223 Å². The van der Waals surface area contributed by atoms with E-state index in [0.29, 0.717) is 24.0 Å². The highest BCUT2D eigenvalue weighted by Gasteiger charge is 2.15. The summed E-state index contributed by atoms with van der Waals surface area (Å²) in [6, 6.07) is 24.6. The van der Waals surface area contributed by atoms with Gasteiger partial charge >= 0.3 is 5.97 Å². The van der Waals surface area contributed by atoms with E-state index in [4.69, 9.17) is 0 Å². The maximum Gasteiger partial charge on any atom is 0.336 e. The van der Waals surface area contributed by atoms with Crippen LogP contribution in [0.5, 0.6) is 0 Å². The Morgan fingerprint density at radius 3 is 2.24 bits per heavy atom. The first-order valence-electron chi connectivity index (χ1n) is 12.6. The lowest BCUT2D eigenvalue weighted by Crippen LogP contribution is -2.36. The maximum atomic E-state index is 12.2. The van der Waals surface area contributed by atoms with E-state index < -0.39 is 11.2 Å². The minimum Gasteiger partial charge on any atom is -0.478 e. The average molecular weight is 519 g/mol. The molecule has 0 bridgehead atoms. The summed E-state index contributed by atoms with van der Waals surface area (Å²) in [6.45, 7) is 1.62. The van der Waals surface area contributed by atoms with Crippen molar-refractivity contribution >= 4 is 30.3 Å². The quantitative estimate of drug-likeness (QED) is 0.169. The van der Waals surface area contributed by atoms with Crippen molar-refractivity contribution in [2.24, 2.45) is 0 Å². The molecule has 0 aliphatic heterocycles. The number of unbranched alkanes of at least 4 members (excludes halogenated alkanes) is 2. The Balaban J connectivity index is 1.26. The molecule has 0 fully saturated rings. The number of rotatable bonds is 15.